The van der Waals surface area contributed by atoms with Gasteiger partial charge in [0.2, 0.25) is 5.91 Å². The Morgan fingerprint density at radius 3 is 2.50 bits per heavy atom. The molecule has 1 amide bonds. The van der Waals surface area contributed by atoms with Crippen LogP contribution in [0.4, 0.5) is 4.39 Å². The van der Waals surface area contributed by atoms with Gasteiger partial charge in [-0.2, -0.15) is 0 Å². The molecule has 2 aromatic rings. The summed E-state index contributed by atoms with van der Waals surface area (Å²) in [5.41, 5.74) is 3.33. The van der Waals surface area contributed by atoms with Crippen molar-refractivity contribution in [2.45, 2.75) is 45.6 Å². The van der Waals surface area contributed by atoms with Crippen molar-refractivity contribution in [3.05, 3.63) is 65.0 Å². The molecule has 3 nitrogen and oxygen atoms in total. The highest BCUT2D eigenvalue weighted by Crippen LogP contribution is 2.24. The second kappa shape index (κ2) is 8.35. The first-order valence-electron chi connectivity index (χ1n) is 9.27. The molecule has 1 aliphatic heterocycles. The Morgan fingerprint density at radius 1 is 1.12 bits per heavy atom. The molecule has 0 atom stereocenters. The highest BCUT2D eigenvalue weighted by Gasteiger charge is 2.24. The second-order valence-corrected chi connectivity index (χ2v) is 7.09. The van der Waals surface area contributed by atoms with Gasteiger partial charge in [-0.1, -0.05) is 24.3 Å². The summed E-state index contributed by atoms with van der Waals surface area (Å²) in [5.74, 6) is 0.872. The number of aryl methyl sites for hydroxylation is 3. The van der Waals surface area contributed by atoms with Gasteiger partial charge in [0.25, 0.3) is 0 Å². The lowest BCUT2D eigenvalue weighted by atomic mass is 10.0. The van der Waals surface area contributed by atoms with Crippen LogP contribution in [0.15, 0.2) is 42.5 Å². The molecule has 0 radical (unpaired) electrons. The smallest absolute Gasteiger partial charge is 0.222 e. The molecule has 3 rings (SSSR count). The van der Waals surface area contributed by atoms with Gasteiger partial charge in [0.15, 0.2) is 0 Å². The molecule has 0 unspecified atom stereocenters. The molecular weight excluding hydrogens is 329 g/mol. The minimum absolute atomic E-state index is 0.164. The fourth-order valence-corrected chi connectivity index (χ4v) is 3.30. The Bertz CT molecular complexity index is 749. The van der Waals surface area contributed by atoms with Crippen LogP contribution in [-0.2, 0) is 11.2 Å². The third kappa shape index (κ3) is 4.84. The molecule has 4 heteroatoms. The fraction of sp³-hybridized carbons (Fsp3) is 0.409. The Balaban J connectivity index is 1.46. The van der Waals surface area contributed by atoms with E-state index in [1.807, 2.05) is 4.90 Å². The maximum absolute atomic E-state index is 12.9. The van der Waals surface area contributed by atoms with E-state index in [1.165, 1.54) is 17.7 Å². The van der Waals surface area contributed by atoms with Gasteiger partial charge in [-0.15, -0.1) is 0 Å². The van der Waals surface area contributed by atoms with E-state index >= 15 is 0 Å². The first kappa shape index (κ1) is 18.4. The average molecular weight is 355 g/mol. The minimum Gasteiger partial charge on any atom is -0.490 e. The minimum atomic E-state index is -0.244. The monoisotopic (exact) mass is 355 g/mol. The lowest BCUT2D eigenvalue weighted by Crippen LogP contribution is -2.41. The third-order valence-electron chi connectivity index (χ3n) is 4.97. The van der Waals surface area contributed by atoms with Gasteiger partial charge >= 0.3 is 0 Å². The number of piperidine rings is 1. The van der Waals surface area contributed by atoms with Crippen molar-refractivity contribution in [2.75, 3.05) is 13.1 Å². The quantitative estimate of drug-likeness (QED) is 0.793. The molecule has 0 aliphatic carbocycles. The van der Waals surface area contributed by atoms with E-state index in [2.05, 4.69) is 32.0 Å². The van der Waals surface area contributed by atoms with Crippen LogP contribution in [0, 0.1) is 19.7 Å². The Labute approximate surface area is 154 Å². The van der Waals surface area contributed by atoms with Crippen LogP contribution < -0.4 is 4.74 Å². The van der Waals surface area contributed by atoms with Gasteiger partial charge in [-0.05, 0) is 55.2 Å². The van der Waals surface area contributed by atoms with Crippen molar-refractivity contribution in [1.82, 2.24) is 4.90 Å². The van der Waals surface area contributed by atoms with Gasteiger partial charge in [-0.3, -0.25) is 4.79 Å². The van der Waals surface area contributed by atoms with Gasteiger partial charge in [0.1, 0.15) is 17.7 Å². The molecule has 1 heterocycles. The normalized spacial score (nSPS) is 15.1. The fourth-order valence-electron chi connectivity index (χ4n) is 3.30. The van der Waals surface area contributed by atoms with Crippen LogP contribution in [0.25, 0.3) is 0 Å². The number of amides is 1. The summed E-state index contributed by atoms with van der Waals surface area (Å²) in [6, 6.07) is 12.6. The van der Waals surface area contributed by atoms with Crippen LogP contribution in [0.1, 0.15) is 36.0 Å². The number of hydrogen-bond donors (Lipinski definition) is 0. The molecule has 0 spiro atoms. The van der Waals surface area contributed by atoms with Crippen LogP contribution in [0.3, 0.4) is 0 Å². The summed E-state index contributed by atoms with van der Waals surface area (Å²) >= 11 is 0. The maximum atomic E-state index is 12.9. The summed E-state index contributed by atoms with van der Waals surface area (Å²) < 4.78 is 19.1. The molecule has 0 bridgehead atoms. The van der Waals surface area contributed by atoms with E-state index in [4.69, 9.17) is 4.74 Å². The van der Waals surface area contributed by atoms with Crippen molar-refractivity contribution >= 4 is 5.91 Å². The number of hydrogen-bond acceptors (Lipinski definition) is 2. The first-order valence-corrected chi connectivity index (χ1v) is 9.27. The lowest BCUT2D eigenvalue weighted by Gasteiger charge is -2.32. The molecule has 0 aromatic heterocycles. The van der Waals surface area contributed by atoms with E-state index in [0.29, 0.717) is 12.8 Å². The molecule has 0 saturated carbocycles. The Kier molecular flexibility index (Phi) is 5.92. The van der Waals surface area contributed by atoms with Crippen molar-refractivity contribution in [3.8, 4) is 5.75 Å². The highest BCUT2D eigenvalue weighted by atomic mass is 19.1. The number of benzene rings is 2. The van der Waals surface area contributed by atoms with Crippen molar-refractivity contribution in [2.24, 2.45) is 0 Å². The topological polar surface area (TPSA) is 29.5 Å². The van der Waals surface area contributed by atoms with Crippen LogP contribution in [0.2, 0.25) is 0 Å². The third-order valence-corrected chi connectivity index (χ3v) is 4.97. The Hall–Kier alpha value is -2.36. The van der Waals surface area contributed by atoms with E-state index in [-0.39, 0.29) is 17.8 Å². The summed E-state index contributed by atoms with van der Waals surface area (Å²) in [5, 5.41) is 0. The molecule has 1 saturated heterocycles. The standard InChI is InChI=1S/C22H26FNO2/c1-16-3-4-17(2)21(15-16)26-20-11-13-24(14-12-20)22(25)10-7-18-5-8-19(23)9-6-18/h3-6,8-9,15,20H,7,10-14H2,1-2H3. The predicted molar refractivity (Wildman–Crippen MR) is 101 cm³/mol. The highest BCUT2D eigenvalue weighted by molar-refractivity contribution is 5.76. The lowest BCUT2D eigenvalue weighted by molar-refractivity contribution is -0.132. The zero-order valence-corrected chi connectivity index (χ0v) is 15.5. The zero-order chi connectivity index (χ0) is 18.5. The molecule has 1 fully saturated rings. The van der Waals surface area contributed by atoms with Gasteiger partial charge in [0, 0.05) is 32.4 Å². The second-order valence-electron chi connectivity index (χ2n) is 7.09. The molecule has 1 aliphatic rings. The molecular formula is C22H26FNO2. The number of ether oxygens (including phenoxy) is 1. The van der Waals surface area contributed by atoms with Crippen LogP contribution in [0.5, 0.6) is 5.75 Å². The van der Waals surface area contributed by atoms with Crippen LogP contribution >= 0.6 is 0 Å². The number of nitrogens with zero attached hydrogens (tertiary/aromatic N) is 1. The first-order chi connectivity index (χ1) is 12.5. The number of rotatable bonds is 5. The SMILES string of the molecule is Cc1ccc(C)c(OC2CCN(C(=O)CCc3ccc(F)cc3)CC2)c1. The number of carbonyl (C=O) groups is 1. The van der Waals surface area contributed by atoms with Gasteiger partial charge in [-0.25, -0.2) is 4.39 Å². The van der Waals surface area contributed by atoms with E-state index in [1.54, 1.807) is 12.1 Å². The molecule has 26 heavy (non-hydrogen) atoms. The van der Waals surface area contributed by atoms with E-state index < -0.39 is 0 Å². The van der Waals surface area contributed by atoms with E-state index in [9.17, 15) is 9.18 Å². The number of halogens is 1. The predicted octanol–water partition coefficient (Wildman–Crippen LogP) is 4.45. The summed E-state index contributed by atoms with van der Waals surface area (Å²) in [6.45, 7) is 5.59. The number of carbonyl (C=O) groups excluding carboxylic acids is 1. The largest absolute Gasteiger partial charge is 0.490 e. The summed E-state index contributed by atoms with van der Waals surface area (Å²) in [6.07, 6.45) is 2.99. The van der Waals surface area contributed by atoms with E-state index in [0.717, 1.165) is 42.8 Å². The summed E-state index contributed by atoms with van der Waals surface area (Å²) in [4.78, 5) is 14.3. The maximum Gasteiger partial charge on any atom is 0.222 e. The van der Waals surface area contributed by atoms with Gasteiger partial charge < -0.3 is 9.64 Å². The van der Waals surface area contributed by atoms with Crippen molar-refractivity contribution in [3.63, 3.8) is 0 Å². The Morgan fingerprint density at radius 2 is 1.81 bits per heavy atom. The molecule has 138 valence electrons. The number of likely N-dealkylation sites (tertiary alicyclic amines) is 1. The van der Waals surface area contributed by atoms with Gasteiger partial charge in [0.05, 0.1) is 0 Å². The average Bonchev–Trinajstić information content (AvgIpc) is 2.64. The van der Waals surface area contributed by atoms with Crippen molar-refractivity contribution in [1.29, 1.82) is 0 Å². The molecule has 2 aromatic carbocycles. The summed E-state index contributed by atoms with van der Waals surface area (Å²) in [7, 11) is 0. The molecule has 0 N–H and O–H groups in total. The van der Waals surface area contributed by atoms with Crippen LogP contribution in [-0.4, -0.2) is 30.0 Å². The van der Waals surface area contributed by atoms with Crippen molar-refractivity contribution < 1.29 is 13.9 Å². The zero-order valence-electron chi connectivity index (χ0n) is 15.5.